The Morgan fingerprint density at radius 3 is 2.41 bits per heavy atom. The van der Waals surface area contributed by atoms with E-state index < -0.39 is 10.0 Å². The Labute approximate surface area is 104 Å². The fraction of sp³-hybridized carbons (Fsp3) is 0.900. The molecule has 0 aromatic rings. The van der Waals surface area contributed by atoms with Crippen molar-refractivity contribution < 1.29 is 8.42 Å². The highest BCUT2D eigenvalue weighted by Gasteiger charge is 2.09. The second-order valence-electron chi connectivity index (χ2n) is 4.79. The Balaban J connectivity index is 3.81. The standard InChI is InChI=1S/C10H24N4O2S/c1-5-17(15,16)13-8-6-7-12-9(11)14-10(2,3)4/h13H,5-8H2,1-4H3,(H3,11,12,14). The van der Waals surface area contributed by atoms with Gasteiger partial charge in [0.15, 0.2) is 5.96 Å². The predicted octanol–water partition coefficient (Wildman–Crippen LogP) is 0.0186. The first-order chi connectivity index (χ1) is 7.66. The van der Waals surface area contributed by atoms with Crippen LogP contribution in [0.15, 0.2) is 4.99 Å². The van der Waals surface area contributed by atoms with Gasteiger partial charge in [-0.15, -0.1) is 0 Å². The van der Waals surface area contributed by atoms with E-state index in [9.17, 15) is 8.42 Å². The van der Waals surface area contributed by atoms with Crippen LogP contribution in [0.3, 0.4) is 0 Å². The van der Waals surface area contributed by atoms with Gasteiger partial charge in [-0.05, 0) is 34.1 Å². The first-order valence-corrected chi connectivity index (χ1v) is 7.37. The SMILES string of the molecule is CCS(=O)(=O)NCCCN=C(N)NC(C)(C)C. The highest BCUT2D eigenvalue weighted by Crippen LogP contribution is 1.97. The molecular weight excluding hydrogens is 240 g/mol. The summed E-state index contributed by atoms with van der Waals surface area (Å²) in [6.45, 7) is 8.47. The predicted molar refractivity (Wildman–Crippen MR) is 71.5 cm³/mol. The number of hydrogen-bond acceptors (Lipinski definition) is 3. The minimum absolute atomic E-state index is 0.101. The summed E-state index contributed by atoms with van der Waals surface area (Å²) in [6, 6.07) is 0. The van der Waals surface area contributed by atoms with Gasteiger partial charge in [0.05, 0.1) is 5.75 Å². The summed E-state index contributed by atoms with van der Waals surface area (Å²) in [5, 5.41) is 3.03. The molecule has 0 radical (unpaired) electrons. The van der Waals surface area contributed by atoms with Gasteiger partial charge in [-0.25, -0.2) is 13.1 Å². The Morgan fingerprint density at radius 2 is 1.94 bits per heavy atom. The first-order valence-electron chi connectivity index (χ1n) is 5.72. The fourth-order valence-corrected chi connectivity index (χ4v) is 1.69. The van der Waals surface area contributed by atoms with Gasteiger partial charge in [-0.1, -0.05) is 0 Å². The molecule has 0 aliphatic carbocycles. The van der Waals surface area contributed by atoms with Crippen LogP contribution in [-0.2, 0) is 10.0 Å². The lowest BCUT2D eigenvalue weighted by Gasteiger charge is -2.20. The van der Waals surface area contributed by atoms with Crippen LogP contribution in [0.5, 0.6) is 0 Å². The summed E-state index contributed by atoms with van der Waals surface area (Å²) in [7, 11) is -3.09. The molecule has 102 valence electrons. The molecule has 0 aromatic heterocycles. The minimum atomic E-state index is -3.09. The number of rotatable bonds is 6. The summed E-state index contributed by atoms with van der Waals surface area (Å²) in [5.74, 6) is 0.486. The molecule has 17 heavy (non-hydrogen) atoms. The van der Waals surface area contributed by atoms with Crippen molar-refractivity contribution in [3.63, 3.8) is 0 Å². The number of hydrogen-bond donors (Lipinski definition) is 3. The zero-order chi connectivity index (χ0) is 13.5. The maximum Gasteiger partial charge on any atom is 0.211 e. The third-order valence-electron chi connectivity index (χ3n) is 1.82. The van der Waals surface area contributed by atoms with E-state index in [0.29, 0.717) is 25.5 Å². The van der Waals surface area contributed by atoms with E-state index in [1.54, 1.807) is 6.92 Å². The Bertz CT molecular complexity index is 344. The fourth-order valence-electron chi connectivity index (χ4n) is 1.03. The maximum absolute atomic E-state index is 11.1. The van der Waals surface area contributed by atoms with Crippen LogP contribution in [0.4, 0.5) is 0 Å². The third-order valence-corrected chi connectivity index (χ3v) is 3.23. The lowest BCUT2D eigenvalue weighted by atomic mass is 10.1. The highest BCUT2D eigenvalue weighted by molar-refractivity contribution is 7.89. The van der Waals surface area contributed by atoms with Crippen LogP contribution in [0.2, 0.25) is 0 Å². The van der Waals surface area contributed by atoms with Crippen molar-refractivity contribution in [3.05, 3.63) is 0 Å². The number of nitrogens with zero attached hydrogens (tertiary/aromatic N) is 1. The summed E-state index contributed by atoms with van der Waals surface area (Å²) < 4.78 is 24.7. The van der Waals surface area contributed by atoms with Crippen LogP contribution in [0.25, 0.3) is 0 Å². The molecule has 0 bridgehead atoms. The van der Waals surface area contributed by atoms with E-state index in [-0.39, 0.29) is 11.3 Å². The summed E-state index contributed by atoms with van der Waals surface area (Å²) in [6.07, 6.45) is 0.631. The van der Waals surface area contributed by atoms with Crippen molar-refractivity contribution in [2.45, 2.75) is 39.7 Å². The minimum Gasteiger partial charge on any atom is -0.370 e. The van der Waals surface area contributed by atoms with Gasteiger partial charge in [0, 0.05) is 18.6 Å². The quantitative estimate of drug-likeness (QED) is 0.358. The van der Waals surface area contributed by atoms with E-state index in [1.165, 1.54) is 0 Å². The average molecular weight is 264 g/mol. The first kappa shape index (κ1) is 16.2. The van der Waals surface area contributed by atoms with Gasteiger partial charge in [0.2, 0.25) is 10.0 Å². The zero-order valence-electron chi connectivity index (χ0n) is 11.1. The van der Waals surface area contributed by atoms with E-state index in [1.807, 2.05) is 20.8 Å². The van der Waals surface area contributed by atoms with Crippen molar-refractivity contribution >= 4 is 16.0 Å². The van der Waals surface area contributed by atoms with Crippen LogP contribution in [0.1, 0.15) is 34.1 Å². The van der Waals surface area contributed by atoms with Crippen molar-refractivity contribution in [2.24, 2.45) is 10.7 Å². The van der Waals surface area contributed by atoms with Gasteiger partial charge < -0.3 is 11.1 Å². The smallest absolute Gasteiger partial charge is 0.211 e. The number of guanidine groups is 1. The van der Waals surface area contributed by atoms with Gasteiger partial charge >= 0.3 is 0 Å². The third kappa shape index (κ3) is 10.1. The van der Waals surface area contributed by atoms with E-state index in [4.69, 9.17) is 5.73 Å². The van der Waals surface area contributed by atoms with Crippen LogP contribution in [0, 0.1) is 0 Å². The molecule has 7 heteroatoms. The molecule has 0 amide bonds. The molecule has 0 saturated carbocycles. The monoisotopic (exact) mass is 264 g/mol. The van der Waals surface area contributed by atoms with Crippen LogP contribution < -0.4 is 15.8 Å². The van der Waals surface area contributed by atoms with Gasteiger partial charge in [-0.2, -0.15) is 0 Å². The molecule has 0 aromatic carbocycles. The summed E-state index contributed by atoms with van der Waals surface area (Å²) in [5.41, 5.74) is 5.54. The largest absolute Gasteiger partial charge is 0.370 e. The normalized spacial score (nSPS) is 13.8. The lowest BCUT2D eigenvalue weighted by Crippen LogP contribution is -2.45. The molecule has 0 unspecified atom stereocenters. The molecule has 0 spiro atoms. The van der Waals surface area contributed by atoms with Gasteiger partial charge in [-0.3, -0.25) is 4.99 Å². The van der Waals surface area contributed by atoms with Crippen molar-refractivity contribution in [1.29, 1.82) is 0 Å². The molecule has 0 atom stereocenters. The highest BCUT2D eigenvalue weighted by atomic mass is 32.2. The van der Waals surface area contributed by atoms with E-state index >= 15 is 0 Å². The van der Waals surface area contributed by atoms with Crippen molar-refractivity contribution in [1.82, 2.24) is 10.0 Å². The molecule has 0 saturated heterocycles. The summed E-state index contributed by atoms with van der Waals surface area (Å²) in [4.78, 5) is 4.10. The second kappa shape index (κ2) is 6.80. The molecule has 4 N–H and O–H groups in total. The number of aliphatic imine (C=N–C) groups is 1. The summed E-state index contributed by atoms with van der Waals surface area (Å²) >= 11 is 0. The Morgan fingerprint density at radius 1 is 1.35 bits per heavy atom. The van der Waals surface area contributed by atoms with Gasteiger partial charge in [0.1, 0.15) is 0 Å². The number of nitrogens with two attached hydrogens (primary N) is 1. The van der Waals surface area contributed by atoms with E-state index in [2.05, 4.69) is 15.0 Å². The van der Waals surface area contributed by atoms with Crippen molar-refractivity contribution in [2.75, 3.05) is 18.8 Å². The Hall–Kier alpha value is -0.820. The van der Waals surface area contributed by atoms with E-state index in [0.717, 1.165) is 0 Å². The Kier molecular flexibility index (Phi) is 6.48. The molecule has 6 nitrogen and oxygen atoms in total. The molecule has 0 fully saturated rings. The second-order valence-corrected chi connectivity index (χ2v) is 6.89. The topological polar surface area (TPSA) is 96.6 Å². The molecular formula is C10H24N4O2S. The molecule has 0 aliphatic heterocycles. The molecule has 0 heterocycles. The maximum atomic E-state index is 11.1. The van der Waals surface area contributed by atoms with Gasteiger partial charge in [0.25, 0.3) is 0 Å². The number of nitrogens with one attached hydrogen (secondary N) is 2. The van der Waals surface area contributed by atoms with Crippen LogP contribution >= 0.6 is 0 Å². The molecule has 0 rings (SSSR count). The van der Waals surface area contributed by atoms with Crippen molar-refractivity contribution in [3.8, 4) is 0 Å². The lowest BCUT2D eigenvalue weighted by molar-refractivity contribution is 0.508. The van der Waals surface area contributed by atoms with Crippen LogP contribution in [-0.4, -0.2) is 38.8 Å². The zero-order valence-corrected chi connectivity index (χ0v) is 11.9. The average Bonchev–Trinajstić information content (AvgIpc) is 2.14. The molecule has 0 aliphatic rings. The number of sulfonamides is 1.